The number of ether oxygens (including phenoxy) is 1. The van der Waals surface area contributed by atoms with E-state index in [0.717, 1.165) is 54.1 Å². The van der Waals surface area contributed by atoms with Crippen LogP contribution in [-0.2, 0) is 11.2 Å². The largest absolute Gasteiger partial charge is 0.486 e. The summed E-state index contributed by atoms with van der Waals surface area (Å²) in [7, 11) is 0. The molecule has 182 valence electrons. The lowest BCUT2D eigenvalue weighted by Crippen LogP contribution is -2.13. The van der Waals surface area contributed by atoms with Crippen molar-refractivity contribution in [3.05, 3.63) is 58.9 Å². The number of carboxylic acids is 1. The Kier molecular flexibility index (Phi) is 13.2. The van der Waals surface area contributed by atoms with E-state index in [2.05, 4.69) is 32.2 Å². The van der Waals surface area contributed by atoms with Gasteiger partial charge in [-0.05, 0) is 61.6 Å². The molecule has 0 aromatic heterocycles. The van der Waals surface area contributed by atoms with Crippen LogP contribution in [0.25, 0.3) is 0 Å². The molecular weight excluding hydrogens is 439 g/mol. The molecule has 0 bridgehead atoms. The molecule has 0 spiro atoms. The third-order valence-electron chi connectivity index (χ3n) is 4.92. The summed E-state index contributed by atoms with van der Waals surface area (Å²) in [6.45, 7) is 12.7. The number of aliphatic carboxylic acids is 1. The third-order valence-corrected chi connectivity index (χ3v) is 6.03. The minimum Gasteiger partial charge on any atom is -0.486 e. The highest BCUT2D eigenvalue weighted by Gasteiger charge is 2.18. The Morgan fingerprint density at radius 3 is 2.64 bits per heavy atom. The number of nitrogens with zero attached hydrogens (tertiary/aromatic N) is 1. The highest BCUT2D eigenvalue weighted by atomic mass is 32.2. The van der Waals surface area contributed by atoms with Gasteiger partial charge in [0.1, 0.15) is 23.2 Å². The van der Waals surface area contributed by atoms with E-state index in [-0.39, 0.29) is 5.82 Å². The summed E-state index contributed by atoms with van der Waals surface area (Å²) in [6, 6.07) is 11.4. The fourth-order valence-corrected chi connectivity index (χ4v) is 4.10. The Morgan fingerprint density at radius 1 is 1.27 bits per heavy atom. The molecule has 33 heavy (non-hydrogen) atoms. The molecule has 1 heterocycles. The van der Waals surface area contributed by atoms with Crippen LogP contribution in [0.15, 0.2) is 41.4 Å². The van der Waals surface area contributed by atoms with Gasteiger partial charge in [-0.25, -0.2) is 4.39 Å². The van der Waals surface area contributed by atoms with Gasteiger partial charge in [0.25, 0.3) is 5.97 Å². The molecule has 3 rings (SSSR count). The van der Waals surface area contributed by atoms with Crippen LogP contribution < -0.4 is 10.1 Å². The Morgan fingerprint density at radius 2 is 1.97 bits per heavy atom. The van der Waals surface area contributed by atoms with Crippen molar-refractivity contribution < 1.29 is 19.0 Å². The molecular formula is C26H37FN2O3S. The minimum atomic E-state index is -0.833. The van der Waals surface area contributed by atoms with Crippen molar-refractivity contribution in [3.63, 3.8) is 0 Å². The molecule has 0 fully saturated rings. The Hall–Kier alpha value is -2.54. The Balaban J connectivity index is 0.000000820. The predicted octanol–water partition coefficient (Wildman–Crippen LogP) is 6.52. The lowest BCUT2D eigenvalue weighted by Gasteiger charge is -2.12. The van der Waals surface area contributed by atoms with E-state index in [9.17, 15) is 4.39 Å². The van der Waals surface area contributed by atoms with Gasteiger partial charge in [0.05, 0.1) is 6.04 Å². The zero-order valence-corrected chi connectivity index (χ0v) is 21.4. The number of halogens is 1. The van der Waals surface area contributed by atoms with Crippen LogP contribution in [-0.4, -0.2) is 41.1 Å². The van der Waals surface area contributed by atoms with Gasteiger partial charge in [0.15, 0.2) is 0 Å². The van der Waals surface area contributed by atoms with Crippen molar-refractivity contribution >= 4 is 28.5 Å². The first-order valence-corrected chi connectivity index (χ1v) is 12.4. The second kappa shape index (κ2) is 15.3. The normalized spacial score (nSPS) is 14.3. The van der Waals surface area contributed by atoms with Gasteiger partial charge in [-0.2, -0.15) is 0 Å². The fraction of sp³-hybridized carbons (Fsp3) is 0.462. The average molecular weight is 477 g/mol. The molecule has 0 amide bonds. The molecule has 2 N–H and O–H groups in total. The molecule has 0 radical (unpaired) electrons. The van der Waals surface area contributed by atoms with E-state index in [1.807, 2.05) is 32.0 Å². The summed E-state index contributed by atoms with van der Waals surface area (Å²) in [5.41, 5.74) is 4.46. The number of carbonyl (C=O) groups is 1. The van der Waals surface area contributed by atoms with Crippen LogP contribution >= 0.6 is 11.8 Å². The quantitative estimate of drug-likeness (QED) is 0.454. The number of hydrogen-bond donors (Lipinski definition) is 2. The van der Waals surface area contributed by atoms with Crippen molar-refractivity contribution in [2.24, 2.45) is 4.99 Å². The maximum Gasteiger partial charge on any atom is 0.300 e. The third kappa shape index (κ3) is 10.3. The van der Waals surface area contributed by atoms with Crippen molar-refractivity contribution in [2.45, 2.75) is 60.4 Å². The Bertz CT molecular complexity index is 914. The SMILES string of the molecule is CC.CC(=O)O.CCc1ccc(F)cc1NCCC1CSC(COc2cccc(C)c2C)=N1. The topological polar surface area (TPSA) is 70.9 Å². The smallest absolute Gasteiger partial charge is 0.300 e. The summed E-state index contributed by atoms with van der Waals surface area (Å²) in [6.07, 6.45) is 1.82. The van der Waals surface area contributed by atoms with Crippen LogP contribution in [0.4, 0.5) is 10.1 Å². The first-order chi connectivity index (χ1) is 15.8. The molecule has 5 nitrogen and oxygen atoms in total. The number of aryl methyl sites for hydroxylation is 2. The van der Waals surface area contributed by atoms with Crippen LogP contribution in [0, 0.1) is 19.7 Å². The molecule has 1 atom stereocenters. The van der Waals surface area contributed by atoms with Crippen molar-refractivity contribution in [1.29, 1.82) is 0 Å². The molecule has 1 aliphatic rings. The minimum absolute atomic E-state index is 0.199. The molecule has 1 unspecified atom stereocenters. The van der Waals surface area contributed by atoms with Crippen LogP contribution in [0.2, 0.25) is 0 Å². The zero-order valence-electron chi connectivity index (χ0n) is 20.6. The maximum absolute atomic E-state index is 13.5. The number of nitrogens with one attached hydrogen (secondary N) is 1. The lowest BCUT2D eigenvalue weighted by atomic mass is 10.1. The van der Waals surface area contributed by atoms with Gasteiger partial charge >= 0.3 is 0 Å². The predicted molar refractivity (Wildman–Crippen MR) is 139 cm³/mol. The zero-order chi connectivity index (χ0) is 24.8. The van der Waals surface area contributed by atoms with Gasteiger partial charge in [0, 0.05) is 24.9 Å². The number of thioether (sulfide) groups is 1. The van der Waals surface area contributed by atoms with Gasteiger partial charge in [-0.1, -0.05) is 39.0 Å². The summed E-state index contributed by atoms with van der Waals surface area (Å²) in [5, 5.41) is 11.8. The first-order valence-electron chi connectivity index (χ1n) is 11.4. The average Bonchev–Trinajstić information content (AvgIpc) is 3.24. The molecule has 0 aliphatic carbocycles. The fourth-order valence-electron chi connectivity index (χ4n) is 3.11. The standard InChI is InChI=1S/C22H27FN2OS.C2H4O2.C2H6/c1-4-17-8-9-18(23)12-20(17)24-11-10-19-14-27-22(25-19)13-26-21-7-5-6-15(2)16(21)3;1-2(3)4;1-2/h5-9,12,19,24H,4,10-11,13-14H2,1-3H3;1H3,(H,3,4);1-2H3. The monoisotopic (exact) mass is 476 g/mol. The molecule has 7 heteroatoms. The summed E-state index contributed by atoms with van der Waals surface area (Å²) >= 11 is 1.77. The molecule has 0 saturated carbocycles. The van der Waals surface area contributed by atoms with Gasteiger partial charge in [-0.3, -0.25) is 9.79 Å². The first kappa shape index (κ1) is 28.5. The van der Waals surface area contributed by atoms with Gasteiger partial charge in [0.2, 0.25) is 0 Å². The van der Waals surface area contributed by atoms with Gasteiger partial charge < -0.3 is 15.2 Å². The number of aliphatic imine (C=N–C) groups is 1. The van der Waals surface area contributed by atoms with Crippen molar-refractivity contribution in [2.75, 3.05) is 24.2 Å². The molecule has 0 saturated heterocycles. The van der Waals surface area contributed by atoms with E-state index in [4.69, 9.17) is 19.6 Å². The number of benzene rings is 2. The summed E-state index contributed by atoms with van der Waals surface area (Å²) < 4.78 is 19.4. The molecule has 2 aromatic rings. The van der Waals surface area contributed by atoms with E-state index < -0.39 is 5.97 Å². The number of anilines is 1. The van der Waals surface area contributed by atoms with Crippen molar-refractivity contribution in [3.8, 4) is 5.75 Å². The van der Waals surface area contributed by atoms with E-state index in [1.54, 1.807) is 17.8 Å². The molecule has 1 aliphatic heterocycles. The van der Waals surface area contributed by atoms with Crippen LogP contribution in [0.1, 0.15) is 50.8 Å². The maximum atomic E-state index is 13.5. The lowest BCUT2D eigenvalue weighted by molar-refractivity contribution is -0.134. The molecule has 2 aromatic carbocycles. The Labute approximate surface area is 201 Å². The van der Waals surface area contributed by atoms with E-state index >= 15 is 0 Å². The number of rotatable bonds is 8. The number of carboxylic acid groups (broad SMARTS) is 1. The highest BCUT2D eigenvalue weighted by Crippen LogP contribution is 2.25. The second-order valence-corrected chi connectivity index (χ2v) is 8.46. The van der Waals surface area contributed by atoms with E-state index in [0.29, 0.717) is 12.6 Å². The summed E-state index contributed by atoms with van der Waals surface area (Å²) in [5.74, 6) is 0.883. The van der Waals surface area contributed by atoms with Crippen LogP contribution in [0.5, 0.6) is 5.75 Å². The second-order valence-electron chi connectivity index (χ2n) is 7.36. The van der Waals surface area contributed by atoms with Crippen LogP contribution in [0.3, 0.4) is 0 Å². The van der Waals surface area contributed by atoms with E-state index in [1.165, 1.54) is 17.2 Å². The highest BCUT2D eigenvalue weighted by molar-refractivity contribution is 8.14. The van der Waals surface area contributed by atoms with Gasteiger partial charge in [-0.15, -0.1) is 11.8 Å². The number of hydrogen-bond acceptors (Lipinski definition) is 5. The van der Waals surface area contributed by atoms with Crippen molar-refractivity contribution in [1.82, 2.24) is 0 Å². The summed E-state index contributed by atoms with van der Waals surface area (Å²) in [4.78, 5) is 13.8.